The van der Waals surface area contributed by atoms with Crippen LogP contribution in [0.4, 0.5) is 0 Å². The molecule has 0 bridgehead atoms. The predicted octanol–water partition coefficient (Wildman–Crippen LogP) is 1.47. The second-order valence-electron chi connectivity index (χ2n) is 2.94. The highest BCUT2D eigenvalue weighted by Crippen LogP contribution is 2.08. The summed E-state index contributed by atoms with van der Waals surface area (Å²) < 4.78 is 0. The van der Waals surface area contributed by atoms with Gasteiger partial charge in [-0.2, -0.15) is 0 Å². The van der Waals surface area contributed by atoms with Crippen molar-refractivity contribution in [2.75, 3.05) is 0 Å². The number of rotatable bonds is 4. The molecule has 0 saturated carbocycles. The maximum absolute atomic E-state index is 10.6. The van der Waals surface area contributed by atoms with Gasteiger partial charge >= 0.3 is 0 Å². The Morgan fingerprint density at radius 3 is 2.86 bits per heavy atom. The summed E-state index contributed by atoms with van der Waals surface area (Å²) in [5, 5.41) is 0. The van der Waals surface area contributed by atoms with E-state index in [1.165, 1.54) is 6.92 Å². The Balaban J connectivity index is 2.57. The molecule has 0 unspecified atom stereocenters. The number of carbonyl (C=O) groups is 1. The van der Waals surface area contributed by atoms with Crippen LogP contribution in [-0.4, -0.2) is 5.91 Å². The molecular weight excluding hydrogens is 176 g/mol. The second-order valence-corrected chi connectivity index (χ2v) is 2.94. The molecule has 1 aromatic carbocycles. The maximum Gasteiger partial charge on any atom is 0.230 e. The third-order valence-electron chi connectivity index (χ3n) is 1.82. The van der Waals surface area contributed by atoms with Crippen LogP contribution in [0.15, 0.2) is 30.8 Å². The lowest BCUT2D eigenvalue weighted by Gasteiger charge is -2.07. The summed E-state index contributed by atoms with van der Waals surface area (Å²) in [6.07, 6.45) is 1.80. The SMILES string of the molecule is C=Cc1ccccc1CNNC(C)=O. The molecule has 3 heteroatoms. The molecule has 0 saturated heterocycles. The van der Waals surface area contributed by atoms with Crippen LogP contribution in [0.2, 0.25) is 0 Å². The standard InChI is InChI=1S/C11H14N2O/c1-3-10-6-4-5-7-11(10)8-12-13-9(2)14/h3-7,12H,1,8H2,2H3,(H,13,14). The molecule has 0 atom stereocenters. The van der Waals surface area contributed by atoms with Crippen LogP contribution in [0.3, 0.4) is 0 Å². The van der Waals surface area contributed by atoms with E-state index in [0.29, 0.717) is 6.54 Å². The van der Waals surface area contributed by atoms with E-state index in [0.717, 1.165) is 11.1 Å². The molecular formula is C11H14N2O. The minimum Gasteiger partial charge on any atom is -0.292 e. The van der Waals surface area contributed by atoms with Gasteiger partial charge in [-0.1, -0.05) is 36.9 Å². The van der Waals surface area contributed by atoms with Crippen molar-refractivity contribution in [3.05, 3.63) is 42.0 Å². The van der Waals surface area contributed by atoms with Gasteiger partial charge in [0.2, 0.25) is 5.91 Å². The van der Waals surface area contributed by atoms with Gasteiger partial charge in [0.15, 0.2) is 0 Å². The van der Waals surface area contributed by atoms with Gasteiger partial charge in [-0.25, -0.2) is 5.43 Å². The Morgan fingerprint density at radius 2 is 2.21 bits per heavy atom. The van der Waals surface area contributed by atoms with E-state index in [9.17, 15) is 4.79 Å². The van der Waals surface area contributed by atoms with Crippen molar-refractivity contribution in [1.29, 1.82) is 0 Å². The minimum atomic E-state index is -0.0962. The van der Waals surface area contributed by atoms with Crippen LogP contribution in [0.5, 0.6) is 0 Å². The maximum atomic E-state index is 10.6. The highest BCUT2D eigenvalue weighted by Gasteiger charge is 1.97. The van der Waals surface area contributed by atoms with Gasteiger partial charge in [-0.05, 0) is 11.1 Å². The molecule has 1 rings (SSSR count). The Bertz CT molecular complexity index is 334. The van der Waals surface area contributed by atoms with E-state index >= 15 is 0 Å². The summed E-state index contributed by atoms with van der Waals surface area (Å²) in [6.45, 7) is 5.78. The van der Waals surface area contributed by atoms with E-state index in [1.807, 2.05) is 24.3 Å². The Hall–Kier alpha value is -1.61. The zero-order valence-corrected chi connectivity index (χ0v) is 8.21. The normalized spacial score (nSPS) is 9.50. The van der Waals surface area contributed by atoms with Crippen molar-refractivity contribution in [1.82, 2.24) is 10.9 Å². The van der Waals surface area contributed by atoms with Gasteiger partial charge in [0, 0.05) is 13.5 Å². The van der Waals surface area contributed by atoms with E-state index in [4.69, 9.17) is 0 Å². The fourth-order valence-electron chi connectivity index (χ4n) is 1.16. The number of amides is 1. The second kappa shape index (κ2) is 5.19. The summed E-state index contributed by atoms with van der Waals surface area (Å²) in [6, 6.07) is 7.89. The molecule has 0 aromatic heterocycles. The number of hydrazine groups is 1. The van der Waals surface area contributed by atoms with E-state index in [-0.39, 0.29) is 5.91 Å². The number of hydrogen-bond acceptors (Lipinski definition) is 2. The molecule has 1 amide bonds. The number of hydrogen-bond donors (Lipinski definition) is 2. The quantitative estimate of drug-likeness (QED) is 0.706. The lowest BCUT2D eigenvalue weighted by molar-refractivity contribution is -0.119. The molecule has 0 aliphatic carbocycles. The molecule has 1 aromatic rings. The third kappa shape index (κ3) is 3.03. The van der Waals surface area contributed by atoms with Crippen LogP contribution >= 0.6 is 0 Å². The van der Waals surface area contributed by atoms with Gasteiger partial charge in [-0.15, -0.1) is 0 Å². The molecule has 74 valence electrons. The molecule has 0 aliphatic heterocycles. The average Bonchev–Trinajstić information content (AvgIpc) is 2.18. The van der Waals surface area contributed by atoms with Gasteiger partial charge < -0.3 is 0 Å². The molecule has 0 aliphatic rings. The summed E-state index contributed by atoms with van der Waals surface area (Å²) in [4.78, 5) is 10.6. The fraction of sp³-hybridized carbons (Fsp3) is 0.182. The van der Waals surface area contributed by atoms with Crippen molar-refractivity contribution in [3.63, 3.8) is 0 Å². The Morgan fingerprint density at radius 1 is 1.50 bits per heavy atom. The van der Waals surface area contributed by atoms with Gasteiger partial charge in [0.1, 0.15) is 0 Å². The highest BCUT2D eigenvalue weighted by molar-refractivity contribution is 5.72. The lowest BCUT2D eigenvalue weighted by Crippen LogP contribution is -2.35. The van der Waals surface area contributed by atoms with Crippen LogP contribution in [0, 0.1) is 0 Å². The van der Waals surface area contributed by atoms with Gasteiger partial charge in [0.25, 0.3) is 0 Å². The molecule has 0 fully saturated rings. The van der Waals surface area contributed by atoms with Crippen molar-refractivity contribution in [2.45, 2.75) is 13.5 Å². The molecule has 14 heavy (non-hydrogen) atoms. The van der Waals surface area contributed by atoms with Gasteiger partial charge in [-0.3, -0.25) is 10.2 Å². The zero-order valence-electron chi connectivity index (χ0n) is 8.21. The van der Waals surface area contributed by atoms with E-state index < -0.39 is 0 Å². The summed E-state index contributed by atoms with van der Waals surface area (Å²) >= 11 is 0. The monoisotopic (exact) mass is 190 g/mol. The zero-order chi connectivity index (χ0) is 10.4. The first-order valence-corrected chi connectivity index (χ1v) is 4.44. The minimum absolute atomic E-state index is 0.0962. The molecule has 3 nitrogen and oxygen atoms in total. The van der Waals surface area contributed by atoms with Crippen molar-refractivity contribution < 1.29 is 4.79 Å². The molecule has 0 heterocycles. The van der Waals surface area contributed by atoms with Crippen LogP contribution < -0.4 is 10.9 Å². The molecule has 0 radical (unpaired) electrons. The smallest absolute Gasteiger partial charge is 0.230 e. The summed E-state index contributed by atoms with van der Waals surface area (Å²) in [5.41, 5.74) is 7.53. The summed E-state index contributed by atoms with van der Waals surface area (Å²) in [7, 11) is 0. The molecule has 0 spiro atoms. The van der Waals surface area contributed by atoms with Crippen molar-refractivity contribution in [2.24, 2.45) is 0 Å². The number of nitrogens with one attached hydrogen (secondary N) is 2. The van der Waals surface area contributed by atoms with Crippen LogP contribution in [0.1, 0.15) is 18.1 Å². The third-order valence-corrected chi connectivity index (χ3v) is 1.82. The van der Waals surface area contributed by atoms with Crippen LogP contribution in [-0.2, 0) is 11.3 Å². The lowest BCUT2D eigenvalue weighted by atomic mass is 10.1. The average molecular weight is 190 g/mol. The first kappa shape index (κ1) is 10.5. The molecule has 2 N–H and O–H groups in total. The van der Waals surface area contributed by atoms with E-state index in [2.05, 4.69) is 17.4 Å². The number of carbonyl (C=O) groups excluding carboxylic acids is 1. The largest absolute Gasteiger partial charge is 0.292 e. The van der Waals surface area contributed by atoms with E-state index in [1.54, 1.807) is 6.08 Å². The highest BCUT2D eigenvalue weighted by atomic mass is 16.2. The van der Waals surface area contributed by atoms with Crippen molar-refractivity contribution >= 4 is 12.0 Å². The topological polar surface area (TPSA) is 41.1 Å². The fourth-order valence-corrected chi connectivity index (χ4v) is 1.16. The predicted molar refractivity (Wildman–Crippen MR) is 57.2 cm³/mol. The number of benzene rings is 1. The summed E-state index contributed by atoms with van der Waals surface area (Å²) in [5.74, 6) is -0.0962. The van der Waals surface area contributed by atoms with Crippen LogP contribution in [0.25, 0.3) is 6.08 Å². The first-order valence-electron chi connectivity index (χ1n) is 4.44. The van der Waals surface area contributed by atoms with Crippen molar-refractivity contribution in [3.8, 4) is 0 Å². The Labute approximate surface area is 83.8 Å². The Kier molecular flexibility index (Phi) is 3.88. The van der Waals surface area contributed by atoms with Gasteiger partial charge in [0.05, 0.1) is 0 Å². The first-order chi connectivity index (χ1) is 6.74.